The minimum atomic E-state index is -0.493. The second kappa shape index (κ2) is 9.88. The second-order valence-electron chi connectivity index (χ2n) is 8.64. The lowest BCUT2D eigenvalue weighted by Gasteiger charge is -2.38. The first-order valence-corrected chi connectivity index (χ1v) is 12.0. The van der Waals surface area contributed by atoms with E-state index in [2.05, 4.69) is 19.8 Å². The van der Waals surface area contributed by atoms with Crippen molar-refractivity contribution in [2.24, 2.45) is 0 Å². The third-order valence-corrected chi connectivity index (χ3v) is 7.04. The average Bonchev–Trinajstić information content (AvgIpc) is 3.26. The average molecular weight is 498 g/mol. The normalized spacial score (nSPS) is 21.1. The number of carbonyl (C=O) groups excluding carboxylic acids is 1. The van der Waals surface area contributed by atoms with Gasteiger partial charge in [0.15, 0.2) is 0 Å². The molecule has 3 heterocycles. The zero-order valence-electron chi connectivity index (χ0n) is 18.5. The van der Waals surface area contributed by atoms with Crippen molar-refractivity contribution in [1.82, 2.24) is 19.8 Å². The molecule has 0 spiro atoms. The lowest BCUT2D eigenvalue weighted by atomic mass is 10.1. The van der Waals surface area contributed by atoms with Crippen LogP contribution < -0.4 is 4.90 Å². The first-order valence-electron chi connectivity index (χ1n) is 11.3. The van der Waals surface area contributed by atoms with Crippen LogP contribution in [-0.2, 0) is 0 Å². The summed E-state index contributed by atoms with van der Waals surface area (Å²) < 4.78 is 0. The van der Waals surface area contributed by atoms with Crippen LogP contribution in [0.15, 0.2) is 60.9 Å². The number of piperazine rings is 1. The number of aromatic nitrogens is 2. The number of benzene rings is 2. The predicted molar refractivity (Wildman–Crippen MR) is 133 cm³/mol. The van der Waals surface area contributed by atoms with E-state index in [1.54, 1.807) is 30.6 Å². The van der Waals surface area contributed by atoms with E-state index in [4.69, 9.17) is 23.2 Å². The van der Waals surface area contributed by atoms with Crippen molar-refractivity contribution in [2.75, 3.05) is 44.2 Å². The summed E-state index contributed by atoms with van der Waals surface area (Å²) in [4.78, 5) is 27.9. The maximum absolute atomic E-state index is 12.8. The molecule has 2 aromatic carbocycles. The molecule has 2 fully saturated rings. The maximum Gasteiger partial charge on any atom is 0.253 e. The molecular formula is C25H25Cl2N5O2. The Bertz CT molecular complexity index is 1150. The van der Waals surface area contributed by atoms with Crippen molar-refractivity contribution in [2.45, 2.75) is 12.1 Å². The molecule has 2 atom stereocenters. The SMILES string of the molecule is O=C(c1ccc(Cl)cc1)N1CCN([C@@H]2CN(c3cc(-c4ccc(Cl)cc4)ncn3)C[C@H]2O)CC1. The zero-order valence-corrected chi connectivity index (χ0v) is 20.0. The van der Waals surface area contributed by atoms with E-state index in [1.807, 2.05) is 35.2 Å². The van der Waals surface area contributed by atoms with Gasteiger partial charge in [-0.05, 0) is 36.4 Å². The van der Waals surface area contributed by atoms with Crippen LogP contribution in [0.1, 0.15) is 10.4 Å². The minimum Gasteiger partial charge on any atom is -0.390 e. The molecule has 3 aromatic rings. The van der Waals surface area contributed by atoms with E-state index in [0.29, 0.717) is 54.9 Å². The topological polar surface area (TPSA) is 72.8 Å². The van der Waals surface area contributed by atoms with Gasteiger partial charge in [0.05, 0.1) is 17.8 Å². The van der Waals surface area contributed by atoms with Gasteiger partial charge in [-0.15, -0.1) is 0 Å². The molecule has 2 aliphatic heterocycles. The summed E-state index contributed by atoms with van der Waals surface area (Å²) in [5.74, 6) is 0.804. The standard InChI is InChI=1S/C25H25Cl2N5O2/c26-19-5-1-17(2-6-19)21-13-24(29-16-28-21)32-14-22(23(33)15-32)30-9-11-31(12-10-30)25(34)18-3-7-20(27)8-4-18/h1-8,13,16,22-23,33H,9-12,14-15H2/t22-,23-/m1/s1. The highest BCUT2D eigenvalue weighted by Crippen LogP contribution is 2.27. The number of anilines is 1. The minimum absolute atomic E-state index is 0.0123. The summed E-state index contributed by atoms with van der Waals surface area (Å²) in [7, 11) is 0. The first kappa shape index (κ1) is 23.1. The Balaban J connectivity index is 1.22. The Hall–Kier alpha value is -2.71. The highest BCUT2D eigenvalue weighted by molar-refractivity contribution is 6.30. The fraction of sp³-hybridized carbons (Fsp3) is 0.320. The number of hydrogen-bond donors (Lipinski definition) is 1. The van der Waals surface area contributed by atoms with Gasteiger partial charge in [-0.1, -0.05) is 35.3 Å². The first-order chi connectivity index (χ1) is 16.5. The number of rotatable bonds is 4. The molecule has 0 aliphatic carbocycles. The molecule has 5 rings (SSSR count). The van der Waals surface area contributed by atoms with E-state index < -0.39 is 6.10 Å². The molecule has 1 amide bonds. The number of aliphatic hydroxyl groups excluding tert-OH is 1. The van der Waals surface area contributed by atoms with Gasteiger partial charge in [0.25, 0.3) is 5.91 Å². The van der Waals surface area contributed by atoms with Crippen molar-refractivity contribution in [1.29, 1.82) is 0 Å². The summed E-state index contributed by atoms with van der Waals surface area (Å²) in [6.07, 6.45) is 1.06. The largest absolute Gasteiger partial charge is 0.390 e. The Kier molecular flexibility index (Phi) is 6.70. The van der Waals surface area contributed by atoms with Gasteiger partial charge in [-0.25, -0.2) is 9.97 Å². The van der Waals surface area contributed by atoms with Crippen LogP contribution in [0.5, 0.6) is 0 Å². The third kappa shape index (κ3) is 4.88. The van der Waals surface area contributed by atoms with Gasteiger partial charge in [0.2, 0.25) is 0 Å². The molecule has 2 saturated heterocycles. The molecule has 1 N–H and O–H groups in total. The maximum atomic E-state index is 12.8. The number of halogens is 2. The highest BCUT2D eigenvalue weighted by Gasteiger charge is 2.38. The summed E-state index contributed by atoms with van der Waals surface area (Å²) >= 11 is 11.9. The van der Waals surface area contributed by atoms with Crippen molar-refractivity contribution in [3.8, 4) is 11.3 Å². The third-order valence-electron chi connectivity index (χ3n) is 6.54. The number of aliphatic hydroxyl groups is 1. The molecule has 176 valence electrons. The lowest BCUT2D eigenvalue weighted by molar-refractivity contribution is 0.0376. The number of carbonyl (C=O) groups is 1. The van der Waals surface area contributed by atoms with E-state index in [-0.39, 0.29) is 11.9 Å². The smallest absolute Gasteiger partial charge is 0.253 e. The number of β-amino-alcohol motifs (C(OH)–C–C–N with tert-alkyl or cyclic N) is 1. The molecule has 0 unspecified atom stereocenters. The summed E-state index contributed by atoms with van der Waals surface area (Å²) in [6.45, 7) is 3.86. The summed E-state index contributed by atoms with van der Waals surface area (Å²) in [5, 5.41) is 12.1. The van der Waals surface area contributed by atoms with Crippen LogP contribution in [-0.4, -0.2) is 82.2 Å². The number of nitrogens with zero attached hydrogens (tertiary/aromatic N) is 5. The fourth-order valence-electron chi connectivity index (χ4n) is 4.65. The molecule has 9 heteroatoms. The van der Waals surface area contributed by atoms with Crippen molar-refractivity contribution in [3.05, 3.63) is 76.5 Å². The van der Waals surface area contributed by atoms with E-state index in [1.165, 1.54) is 0 Å². The Morgan fingerprint density at radius 3 is 2.21 bits per heavy atom. The second-order valence-corrected chi connectivity index (χ2v) is 9.52. The van der Waals surface area contributed by atoms with Crippen LogP contribution in [0.2, 0.25) is 10.0 Å². The Morgan fingerprint density at radius 1 is 0.882 bits per heavy atom. The van der Waals surface area contributed by atoms with Crippen molar-refractivity contribution >= 4 is 34.9 Å². The van der Waals surface area contributed by atoms with Gasteiger partial charge in [0.1, 0.15) is 12.1 Å². The van der Waals surface area contributed by atoms with Gasteiger partial charge in [-0.3, -0.25) is 9.69 Å². The van der Waals surface area contributed by atoms with Gasteiger partial charge in [-0.2, -0.15) is 0 Å². The van der Waals surface area contributed by atoms with Crippen LogP contribution in [0.3, 0.4) is 0 Å². The van der Waals surface area contributed by atoms with Crippen LogP contribution >= 0.6 is 23.2 Å². The van der Waals surface area contributed by atoms with Gasteiger partial charge >= 0.3 is 0 Å². The molecule has 7 nitrogen and oxygen atoms in total. The van der Waals surface area contributed by atoms with Crippen LogP contribution in [0.25, 0.3) is 11.3 Å². The molecule has 1 aromatic heterocycles. The van der Waals surface area contributed by atoms with E-state index in [0.717, 1.165) is 17.1 Å². The summed E-state index contributed by atoms with van der Waals surface area (Å²) in [6, 6.07) is 16.5. The van der Waals surface area contributed by atoms with E-state index >= 15 is 0 Å². The number of hydrogen-bond acceptors (Lipinski definition) is 6. The van der Waals surface area contributed by atoms with Crippen LogP contribution in [0.4, 0.5) is 5.82 Å². The van der Waals surface area contributed by atoms with Crippen molar-refractivity contribution < 1.29 is 9.90 Å². The predicted octanol–water partition coefficient (Wildman–Crippen LogP) is 3.46. The van der Waals surface area contributed by atoms with E-state index in [9.17, 15) is 9.90 Å². The summed E-state index contributed by atoms with van der Waals surface area (Å²) in [5.41, 5.74) is 2.42. The zero-order chi connectivity index (χ0) is 23.7. The quantitative estimate of drug-likeness (QED) is 0.594. The Morgan fingerprint density at radius 2 is 1.53 bits per heavy atom. The Labute approximate surface area is 208 Å². The lowest BCUT2D eigenvalue weighted by Crippen LogP contribution is -2.54. The van der Waals surface area contributed by atoms with Crippen molar-refractivity contribution in [3.63, 3.8) is 0 Å². The monoisotopic (exact) mass is 497 g/mol. The molecule has 34 heavy (non-hydrogen) atoms. The van der Waals surface area contributed by atoms with Gasteiger partial charge in [0, 0.05) is 66.5 Å². The highest BCUT2D eigenvalue weighted by atomic mass is 35.5. The number of amides is 1. The molecule has 2 aliphatic rings. The molecule has 0 bridgehead atoms. The molecule has 0 saturated carbocycles. The fourth-order valence-corrected chi connectivity index (χ4v) is 4.90. The molecule has 0 radical (unpaired) electrons. The molecular weight excluding hydrogens is 473 g/mol. The van der Waals surface area contributed by atoms with Crippen LogP contribution in [0, 0.1) is 0 Å². The van der Waals surface area contributed by atoms with Gasteiger partial charge < -0.3 is 14.9 Å².